The Kier molecular flexibility index (Phi) is 6.91. The fourth-order valence-electron chi connectivity index (χ4n) is 2.08. The Morgan fingerprint density at radius 3 is 2.56 bits per heavy atom. The molecule has 1 heterocycles. The summed E-state index contributed by atoms with van der Waals surface area (Å²) in [6, 6.07) is 4.24. The van der Waals surface area contributed by atoms with Gasteiger partial charge in [-0.25, -0.2) is 0 Å². The van der Waals surface area contributed by atoms with Crippen LogP contribution in [0.15, 0.2) is 18.3 Å². The van der Waals surface area contributed by atoms with E-state index in [2.05, 4.69) is 31.0 Å². The minimum Gasteiger partial charge on any atom is -0.377 e. The van der Waals surface area contributed by atoms with Crippen molar-refractivity contribution in [2.24, 2.45) is 5.73 Å². The number of aryl methyl sites for hydroxylation is 1. The molecule has 0 bridgehead atoms. The van der Waals surface area contributed by atoms with Crippen LogP contribution in [0.1, 0.15) is 44.9 Å². The quantitative estimate of drug-likeness (QED) is 0.771. The van der Waals surface area contributed by atoms with Crippen LogP contribution in [0.25, 0.3) is 0 Å². The van der Waals surface area contributed by atoms with E-state index in [9.17, 15) is 0 Å². The summed E-state index contributed by atoms with van der Waals surface area (Å²) in [5, 5.41) is 0. The van der Waals surface area contributed by atoms with Gasteiger partial charge in [0.25, 0.3) is 0 Å². The molecule has 0 saturated heterocycles. The first-order valence-electron chi connectivity index (χ1n) is 7.02. The molecule has 2 atom stereocenters. The third kappa shape index (κ3) is 4.75. The van der Waals surface area contributed by atoms with Gasteiger partial charge in [0.2, 0.25) is 0 Å². The summed E-state index contributed by atoms with van der Waals surface area (Å²) in [5.41, 5.74) is 8.55. The van der Waals surface area contributed by atoms with E-state index in [1.807, 2.05) is 13.1 Å². The molecule has 3 heteroatoms. The molecule has 0 saturated carbocycles. The van der Waals surface area contributed by atoms with Crippen molar-refractivity contribution in [1.82, 2.24) is 4.98 Å². The molecule has 0 aliphatic heterocycles. The normalized spacial score (nSPS) is 14.4. The first-order chi connectivity index (χ1) is 8.71. The summed E-state index contributed by atoms with van der Waals surface area (Å²) in [6.07, 6.45) is 6.01. The van der Waals surface area contributed by atoms with Crippen LogP contribution < -0.4 is 5.73 Å². The molecule has 102 valence electrons. The number of ether oxygens (including phenoxy) is 1. The van der Waals surface area contributed by atoms with Gasteiger partial charge < -0.3 is 10.5 Å². The molecule has 3 nitrogen and oxygen atoms in total. The van der Waals surface area contributed by atoms with E-state index in [0.29, 0.717) is 0 Å². The van der Waals surface area contributed by atoms with Crippen LogP contribution >= 0.6 is 0 Å². The maximum absolute atomic E-state index is 6.23. The summed E-state index contributed by atoms with van der Waals surface area (Å²) in [6.45, 7) is 7.03. The highest BCUT2D eigenvalue weighted by Gasteiger charge is 2.17. The van der Waals surface area contributed by atoms with Crippen LogP contribution in [0.4, 0.5) is 0 Å². The highest BCUT2D eigenvalue weighted by atomic mass is 16.5. The van der Waals surface area contributed by atoms with Crippen molar-refractivity contribution in [3.05, 3.63) is 29.6 Å². The summed E-state index contributed by atoms with van der Waals surface area (Å²) >= 11 is 0. The third-order valence-electron chi connectivity index (χ3n) is 3.17. The Morgan fingerprint density at radius 2 is 2.06 bits per heavy atom. The first kappa shape index (κ1) is 15.1. The Balaban J connectivity index is 2.57. The minimum atomic E-state index is 0.0323. The molecule has 0 spiro atoms. The van der Waals surface area contributed by atoms with Crippen molar-refractivity contribution in [2.75, 3.05) is 6.61 Å². The van der Waals surface area contributed by atoms with E-state index in [4.69, 9.17) is 10.5 Å². The lowest BCUT2D eigenvalue weighted by atomic mass is 10.0. The predicted octanol–water partition coefficient (Wildman–Crippen LogP) is 2.72. The average molecular weight is 250 g/mol. The molecular formula is C15H26N2O. The van der Waals surface area contributed by atoms with Crippen molar-refractivity contribution < 1.29 is 4.74 Å². The molecule has 1 rings (SSSR count). The van der Waals surface area contributed by atoms with Crippen molar-refractivity contribution in [3.63, 3.8) is 0 Å². The van der Waals surface area contributed by atoms with Gasteiger partial charge in [-0.3, -0.25) is 4.98 Å². The van der Waals surface area contributed by atoms with Crippen molar-refractivity contribution in [2.45, 2.75) is 58.6 Å². The van der Waals surface area contributed by atoms with E-state index in [1.165, 1.54) is 5.56 Å². The molecule has 0 fully saturated rings. The second-order valence-corrected chi connectivity index (χ2v) is 4.66. The van der Waals surface area contributed by atoms with Gasteiger partial charge in [0, 0.05) is 31.0 Å². The van der Waals surface area contributed by atoms with Crippen LogP contribution in [-0.2, 0) is 17.6 Å². The fourth-order valence-corrected chi connectivity index (χ4v) is 2.08. The molecule has 0 aromatic carbocycles. The number of nitrogens with two attached hydrogens (primary N) is 1. The minimum absolute atomic E-state index is 0.0323. The lowest BCUT2D eigenvalue weighted by Gasteiger charge is -2.23. The first-order valence-corrected chi connectivity index (χ1v) is 7.02. The lowest BCUT2D eigenvalue weighted by molar-refractivity contribution is 0.0376. The zero-order valence-corrected chi connectivity index (χ0v) is 11.9. The smallest absolute Gasteiger partial charge is 0.0729 e. The van der Waals surface area contributed by atoms with E-state index >= 15 is 0 Å². The maximum atomic E-state index is 6.23. The van der Waals surface area contributed by atoms with E-state index in [0.717, 1.165) is 38.0 Å². The fraction of sp³-hybridized carbons (Fsp3) is 0.667. The van der Waals surface area contributed by atoms with Gasteiger partial charge in [-0.05, 0) is 31.4 Å². The molecular weight excluding hydrogens is 224 g/mol. The summed E-state index contributed by atoms with van der Waals surface area (Å²) in [7, 11) is 0. The number of rotatable bonds is 8. The van der Waals surface area contributed by atoms with E-state index in [-0.39, 0.29) is 12.1 Å². The Bertz CT molecular complexity index is 318. The molecule has 0 amide bonds. The van der Waals surface area contributed by atoms with Gasteiger partial charge in [-0.1, -0.05) is 26.3 Å². The molecule has 2 unspecified atom stereocenters. The van der Waals surface area contributed by atoms with Crippen LogP contribution in [0.3, 0.4) is 0 Å². The Hall–Kier alpha value is -0.930. The second-order valence-electron chi connectivity index (χ2n) is 4.66. The molecule has 1 aromatic rings. The van der Waals surface area contributed by atoms with Gasteiger partial charge in [-0.15, -0.1) is 0 Å². The van der Waals surface area contributed by atoms with Gasteiger partial charge in [0.15, 0.2) is 0 Å². The average Bonchev–Trinajstić information content (AvgIpc) is 2.39. The summed E-state index contributed by atoms with van der Waals surface area (Å²) in [5.74, 6) is 0. The number of aromatic nitrogens is 1. The standard InChI is InChI=1S/C15H26N2O/c1-4-7-15(18-6-3)14(16)10-13-9-8-12(5-2)11-17-13/h8-9,11,14-15H,4-7,10,16H2,1-3H3. The second kappa shape index (κ2) is 8.22. The number of hydrogen-bond acceptors (Lipinski definition) is 3. The van der Waals surface area contributed by atoms with Crippen LogP contribution in [0.5, 0.6) is 0 Å². The van der Waals surface area contributed by atoms with Gasteiger partial charge in [0.05, 0.1) is 6.10 Å². The SMILES string of the molecule is CCCC(OCC)C(N)Cc1ccc(CC)cn1. The van der Waals surface area contributed by atoms with Crippen LogP contribution in [-0.4, -0.2) is 23.7 Å². The maximum Gasteiger partial charge on any atom is 0.0729 e. The largest absolute Gasteiger partial charge is 0.377 e. The predicted molar refractivity (Wildman–Crippen MR) is 75.6 cm³/mol. The monoisotopic (exact) mass is 250 g/mol. The highest BCUT2D eigenvalue weighted by Crippen LogP contribution is 2.11. The number of nitrogens with zero attached hydrogens (tertiary/aromatic N) is 1. The molecule has 0 aliphatic carbocycles. The zero-order chi connectivity index (χ0) is 13.4. The molecule has 2 N–H and O–H groups in total. The number of hydrogen-bond donors (Lipinski definition) is 1. The van der Waals surface area contributed by atoms with Crippen LogP contribution in [0.2, 0.25) is 0 Å². The Labute approximate surface area is 111 Å². The van der Waals surface area contributed by atoms with E-state index in [1.54, 1.807) is 0 Å². The van der Waals surface area contributed by atoms with Crippen molar-refractivity contribution in [3.8, 4) is 0 Å². The van der Waals surface area contributed by atoms with Crippen molar-refractivity contribution >= 4 is 0 Å². The zero-order valence-electron chi connectivity index (χ0n) is 11.9. The van der Waals surface area contributed by atoms with Gasteiger partial charge in [0.1, 0.15) is 0 Å². The Morgan fingerprint density at radius 1 is 1.28 bits per heavy atom. The van der Waals surface area contributed by atoms with E-state index < -0.39 is 0 Å². The topological polar surface area (TPSA) is 48.1 Å². The van der Waals surface area contributed by atoms with Gasteiger partial charge in [-0.2, -0.15) is 0 Å². The number of pyridine rings is 1. The molecule has 18 heavy (non-hydrogen) atoms. The lowest BCUT2D eigenvalue weighted by Crippen LogP contribution is -2.38. The highest BCUT2D eigenvalue weighted by molar-refractivity contribution is 5.14. The van der Waals surface area contributed by atoms with Crippen LogP contribution in [0, 0.1) is 0 Å². The molecule has 1 aromatic heterocycles. The van der Waals surface area contributed by atoms with Gasteiger partial charge >= 0.3 is 0 Å². The molecule has 0 aliphatic rings. The third-order valence-corrected chi connectivity index (χ3v) is 3.17. The van der Waals surface area contributed by atoms with Crippen molar-refractivity contribution in [1.29, 1.82) is 0 Å². The summed E-state index contributed by atoms with van der Waals surface area (Å²) < 4.78 is 5.71. The summed E-state index contributed by atoms with van der Waals surface area (Å²) in [4.78, 5) is 4.46. The molecule has 0 radical (unpaired) electrons.